The van der Waals surface area contributed by atoms with Gasteiger partial charge in [0.1, 0.15) is 12.4 Å². The van der Waals surface area contributed by atoms with Gasteiger partial charge in [0.15, 0.2) is 0 Å². The number of rotatable bonds is 3. The van der Waals surface area contributed by atoms with E-state index in [0.29, 0.717) is 37.4 Å². The van der Waals surface area contributed by atoms with Crippen LogP contribution in [0.1, 0.15) is 73.6 Å². The highest BCUT2D eigenvalue weighted by Crippen LogP contribution is 2.40. The summed E-state index contributed by atoms with van der Waals surface area (Å²) >= 11 is 0. The zero-order valence-electron chi connectivity index (χ0n) is 22.1. The fraction of sp³-hybridized carbons (Fsp3) is 0.500. The minimum atomic E-state index is -4.58. The molecule has 6 nitrogen and oxygen atoms in total. The summed E-state index contributed by atoms with van der Waals surface area (Å²) in [4.78, 5) is 26.9. The van der Waals surface area contributed by atoms with E-state index >= 15 is 0 Å². The molecule has 0 aliphatic carbocycles. The highest BCUT2D eigenvalue weighted by atomic mass is 19.4. The average Bonchev–Trinajstić information content (AvgIpc) is 3.13. The molecule has 0 saturated carbocycles. The van der Waals surface area contributed by atoms with Crippen LogP contribution in [0.25, 0.3) is 0 Å². The molecule has 2 aromatic rings. The average molecular weight is 524 g/mol. The third-order valence-corrected chi connectivity index (χ3v) is 6.08. The van der Waals surface area contributed by atoms with Crippen molar-refractivity contribution in [1.29, 1.82) is 0 Å². The van der Waals surface area contributed by atoms with Crippen molar-refractivity contribution in [2.75, 3.05) is 26.9 Å². The highest BCUT2D eigenvalue weighted by Gasteiger charge is 2.40. The van der Waals surface area contributed by atoms with Crippen molar-refractivity contribution in [2.45, 2.75) is 59.3 Å². The maximum Gasteiger partial charge on any atom is 0.416 e. The molecule has 1 saturated heterocycles. The quantitative estimate of drug-likeness (QED) is 0.434. The zero-order valence-corrected chi connectivity index (χ0v) is 22.1. The van der Waals surface area contributed by atoms with Crippen LogP contribution < -0.4 is 4.74 Å². The minimum absolute atomic E-state index is 0.0218. The summed E-state index contributed by atoms with van der Waals surface area (Å²) in [6.07, 6.45) is -3.56. The van der Waals surface area contributed by atoms with Crippen molar-refractivity contribution in [3.05, 3.63) is 64.7 Å². The van der Waals surface area contributed by atoms with Gasteiger partial charge in [0.05, 0.1) is 30.8 Å². The number of methoxy groups -OCH3 is 1. The number of nitrogens with zero attached hydrogens (tertiary/aromatic N) is 1. The molecule has 2 aromatic carbocycles. The molecule has 37 heavy (non-hydrogen) atoms. The molecule has 2 aliphatic heterocycles. The van der Waals surface area contributed by atoms with Gasteiger partial charge in [-0.05, 0) is 36.6 Å². The molecular formula is C28H36F3NO5. The largest absolute Gasteiger partial charge is 0.491 e. The minimum Gasteiger partial charge on any atom is -0.491 e. The summed E-state index contributed by atoms with van der Waals surface area (Å²) in [5.41, 5.74) is 0.0405. The molecule has 1 unspecified atom stereocenters. The molecular weight excluding hydrogens is 487 g/mol. The van der Waals surface area contributed by atoms with Gasteiger partial charge in [0.2, 0.25) is 5.91 Å². The van der Waals surface area contributed by atoms with Crippen molar-refractivity contribution in [3.63, 3.8) is 0 Å². The SMILES string of the molecule is CC.CC.COC(=O)c1ccc2c(c1)OCC(c1ccccc1C(F)(F)F)N(C(=O)C1CCOCC1)C2. The Hall–Kier alpha value is -3.07. The second-order valence-corrected chi connectivity index (χ2v) is 8.08. The number of ether oxygens (including phenoxy) is 3. The van der Waals surface area contributed by atoms with Gasteiger partial charge in [0.25, 0.3) is 0 Å². The van der Waals surface area contributed by atoms with Crippen LogP contribution in [0.2, 0.25) is 0 Å². The molecule has 0 aromatic heterocycles. The summed E-state index contributed by atoms with van der Waals surface area (Å²) in [5.74, 6) is -0.779. The van der Waals surface area contributed by atoms with Crippen molar-refractivity contribution in [3.8, 4) is 5.75 Å². The number of carbonyl (C=O) groups excluding carboxylic acids is 2. The van der Waals surface area contributed by atoms with Gasteiger partial charge >= 0.3 is 12.1 Å². The first-order valence-corrected chi connectivity index (χ1v) is 12.7. The lowest BCUT2D eigenvalue weighted by Gasteiger charge is -2.35. The summed E-state index contributed by atoms with van der Waals surface area (Å²) in [5, 5.41) is 0. The van der Waals surface area contributed by atoms with Crippen molar-refractivity contribution in [2.24, 2.45) is 5.92 Å². The number of fused-ring (bicyclic) bond motifs is 1. The second-order valence-electron chi connectivity index (χ2n) is 8.08. The molecule has 1 fully saturated rings. The number of halogens is 3. The Morgan fingerprint density at radius 2 is 1.65 bits per heavy atom. The van der Waals surface area contributed by atoms with Crippen LogP contribution in [0.5, 0.6) is 5.75 Å². The second kappa shape index (κ2) is 14.0. The molecule has 204 valence electrons. The molecule has 9 heteroatoms. The predicted molar refractivity (Wildman–Crippen MR) is 134 cm³/mol. The summed E-state index contributed by atoms with van der Waals surface area (Å²) in [7, 11) is 1.26. The normalized spacial score (nSPS) is 17.5. The molecule has 1 atom stereocenters. The lowest BCUT2D eigenvalue weighted by atomic mass is 9.94. The molecule has 0 N–H and O–H groups in total. The smallest absolute Gasteiger partial charge is 0.416 e. The zero-order chi connectivity index (χ0) is 27.6. The Morgan fingerprint density at radius 1 is 1.00 bits per heavy atom. The van der Waals surface area contributed by atoms with Crippen LogP contribution >= 0.6 is 0 Å². The number of hydrogen-bond donors (Lipinski definition) is 0. The summed E-state index contributed by atoms with van der Waals surface area (Å²) in [6, 6.07) is 8.99. The molecule has 4 rings (SSSR count). The lowest BCUT2D eigenvalue weighted by molar-refractivity contribution is -0.145. The van der Waals surface area contributed by atoms with E-state index in [0.717, 1.165) is 6.07 Å². The maximum absolute atomic E-state index is 13.8. The molecule has 0 bridgehead atoms. The van der Waals surface area contributed by atoms with Crippen molar-refractivity contribution < 1.29 is 37.0 Å². The first kappa shape index (κ1) is 30.2. The van der Waals surface area contributed by atoms with Crippen LogP contribution in [-0.4, -0.2) is 43.7 Å². The van der Waals surface area contributed by atoms with Gasteiger partial charge in [-0.3, -0.25) is 4.79 Å². The number of benzene rings is 2. The van der Waals surface area contributed by atoms with Gasteiger partial charge in [-0.2, -0.15) is 13.2 Å². The third-order valence-electron chi connectivity index (χ3n) is 6.08. The lowest BCUT2D eigenvalue weighted by Crippen LogP contribution is -2.42. The van der Waals surface area contributed by atoms with Crippen LogP contribution in [0.15, 0.2) is 42.5 Å². The van der Waals surface area contributed by atoms with Crippen molar-refractivity contribution >= 4 is 11.9 Å². The molecule has 0 radical (unpaired) electrons. The third kappa shape index (κ3) is 7.25. The fourth-order valence-electron chi connectivity index (χ4n) is 4.33. The summed E-state index contributed by atoms with van der Waals surface area (Å²) < 4.78 is 57.4. The van der Waals surface area contributed by atoms with E-state index in [1.807, 2.05) is 27.7 Å². The predicted octanol–water partition coefficient (Wildman–Crippen LogP) is 6.43. The number of esters is 1. The standard InChI is InChI=1S/C24H24F3NO5.2C2H6/c1-31-23(30)16-6-7-17-13-28(22(29)15-8-10-32-11-9-15)20(14-33-21(17)12-16)18-4-2-3-5-19(18)24(25,26)27;2*1-2/h2-7,12,15,20H,8-11,13-14H2,1H3;2*1-2H3. The first-order valence-electron chi connectivity index (χ1n) is 12.7. The summed E-state index contributed by atoms with van der Waals surface area (Å²) in [6.45, 7) is 8.75. The fourth-order valence-corrected chi connectivity index (χ4v) is 4.33. The maximum atomic E-state index is 13.8. The van der Waals surface area contributed by atoms with Crippen LogP contribution in [0.3, 0.4) is 0 Å². The Kier molecular flexibility index (Phi) is 11.4. The van der Waals surface area contributed by atoms with E-state index in [-0.39, 0.29) is 36.1 Å². The van der Waals surface area contributed by atoms with Crippen LogP contribution in [0.4, 0.5) is 13.2 Å². The molecule has 2 heterocycles. The van der Waals surface area contributed by atoms with Gasteiger partial charge in [-0.25, -0.2) is 4.79 Å². The monoisotopic (exact) mass is 523 g/mol. The van der Waals surface area contributed by atoms with Gasteiger partial charge < -0.3 is 19.1 Å². The van der Waals surface area contributed by atoms with Crippen LogP contribution in [-0.2, 0) is 27.0 Å². The molecule has 1 amide bonds. The molecule has 0 spiro atoms. The Morgan fingerprint density at radius 3 is 2.27 bits per heavy atom. The Balaban J connectivity index is 0.00000115. The number of alkyl halides is 3. The van der Waals surface area contributed by atoms with Gasteiger partial charge in [-0.15, -0.1) is 0 Å². The van der Waals surface area contributed by atoms with E-state index in [4.69, 9.17) is 14.2 Å². The van der Waals surface area contributed by atoms with E-state index in [9.17, 15) is 22.8 Å². The van der Waals surface area contributed by atoms with E-state index in [1.54, 1.807) is 12.1 Å². The molecule has 2 aliphatic rings. The Bertz CT molecular complexity index is 1030. The highest BCUT2D eigenvalue weighted by molar-refractivity contribution is 5.90. The topological polar surface area (TPSA) is 65.1 Å². The van der Waals surface area contributed by atoms with E-state index in [2.05, 4.69) is 0 Å². The first-order chi connectivity index (χ1) is 17.8. The van der Waals surface area contributed by atoms with Gasteiger partial charge in [0, 0.05) is 24.7 Å². The van der Waals surface area contributed by atoms with E-state index in [1.165, 1.54) is 36.3 Å². The van der Waals surface area contributed by atoms with Gasteiger partial charge in [-0.1, -0.05) is 52.0 Å². The number of amides is 1. The number of carbonyl (C=O) groups is 2. The van der Waals surface area contributed by atoms with Crippen molar-refractivity contribution in [1.82, 2.24) is 4.90 Å². The van der Waals surface area contributed by atoms with E-state index < -0.39 is 23.8 Å². The van der Waals surface area contributed by atoms with Crippen LogP contribution in [0, 0.1) is 5.92 Å². The Labute approximate surface area is 216 Å². The number of hydrogen-bond acceptors (Lipinski definition) is 5.